The third kappa shape index (κ3) is 4.53. The number of nitrogens with one attached hydrogen (secondary N) is 2. The molecule has 22 heavy (non-hydrogen) atoms. The minimum atomic E-state index is -0.275. The highest BCUT2D eigenvalue weighted by Gasteiger charge is 2.07. The first-order valence-corrected chi connectivity index (χ1v) is 6.91. The molecular formula is C16H18FN3O2. The molecule has 1 aromatic carbocycles. The first kappa shape index (κ1) is 15.9. The molecule has 0 fully saturated rings. The zero-order valence-electron chi connectivity index (χ0n) is 12.3. The average Bonchev–Trinajstić information content (AvgIpc) is 2.54. The molecule has 2 N–H and O–H groups in total. The highest BCUT2D eigenvalue weighted by atomic mass is 19.1. The summed E-state index contributed by atoms with van der Waals surface area (Å²) in [5.41, 5.74) is 1.03. The standard InChI is InChI=1S/C16H18FN3O2/c1-22-9-8-19-16(21)12-6-7-18-15(10-12)20-11-13-4-2-3-5-14(13)17/h2-7,10H,8-9,11H2,1H3,(H,18,20)(H,19,21). The summed E-state index contributed by atoms with van der Waals surface area (Å²) in [5.74, 6) is 0.0412. The monoisotopic (exact) mass is 303 g/mol. The predicted molar refractivity (Wildman–Crippen MR) is 82.2 cm³/mol. The second kappa shape index (κ2) is 8.09. The fourth-order valence-electron chi connectivity index (χ4n) is 1.86. The number of nitrogens with zero attached hydrogens (tertiary/aromatic N) is 1. The van der Waals surface area contributed by atoms with Crippen LogP contribution in [0.1, 0.15) is 15.9 Å². The topological polar surface area (TPSA) is 63.2 Å². The highest BCUT2D eigenvalue weighted by Crippen LogP contribution is 2.11. The second-order valence-electron chi connectivity index (χ2n) is 4.62. The quantitative estimate of drug-likeness (QED) is 0.770. The van der Waals surface area contributed by atoms with Crippen LogP contribution in [-0.4, -0.2) is 31.2 Å². The van der Waals surface area contributed by atoms with Crippen molar-refractivity contribution in [1.29, 1.82) is 0 Å². The van der Waals surface area contributed by atoms with Crippen LogP contribution in [0.3, 0.4) is 0 Å². The summed E-state index contributed by atoms with van der Waals surface area (Å²) < 4.78 is 18.4. The number of pyridine rings is 1. The Morgan fingerprint density at radius 1 is 1.32 bits per heavy atom. The summed E-state index contributed by atoms with van der Waals surface area (Å²) in [7, 11) is 1.57. The summed E-state index contributed by atoms with van der Waals surface area (Å²) >= 11 is 0. The fraction of sp³-hybridized carbons (Fsp3) is 0.250. The van der Waals surface area contributed by atoms with Gasteiger partial charge < -0.3 is 15.4 Å². The van der Waals surface area contributed by atoms with Crippen LogP contribution >= 0.6 is 0 Å². The Bertz CT molecular complexity index is 634. The third-order valence-corrected chi connectivity index (χ3v) is 3.03. The number of anilines is 1. The zero-order valence-corrected chi connectivity index (χ0v) is 12.3. The number of halogens is 1. The van der Waals surface area contributed by atoms with Crippen LogP contribution in [0, 0.1) is 5.82 Å². The van der Waals surface area contributed by atoms with Crippen molar-refractivity contribution in [2.24, 2.45) is 0 Å². The van der Waals surface area contributed by atoms with Gasteiger partial charge >= 0.3 is 0 Å². The smallest absolute Gasteiger partial charge is 0.251 e. The molecule has 0 saturated carbocycles. The Balaban J connectivity index is 1.96. The van der Waals surface area contributed by atoms with Crippen LogP contribution in [0.4, 0.5) is 10.2 Å². The summed E-state index contributed by atoms with van der Waals surface area (Å²) in [5, 5.41) is 5.74. The van der Waals surface area contributed by atoms with Crippen LogP contribution in [0.5, 0.6) is 0 Å². The second-order valence-corrected chi connectivity index (χ2v) is 4.62. The number of carbonyl (C=O) groups excluding carboxylic acids is 1. The van der Waals surface area contributed by atoms with E-state index in [2.05, 4.69) is 15.6 Å². The number of rotatable bonds is 7. The van der Waals surface area contributed by atoms with E-state index in [0.717, 1.165) is 0 Å². The number of ether oxygens (including phenoxy) is 1. The van der Waals surface area contributed by atoms with Gasteiger partial charge in [0.05, 0.1) is 6.61 Å². The zero-order chi connectivity index (χ0) is 15.8. The summed E-state index contributed by atoms with van der Waals surface area (Å²) in [6, 6.07) is 9.77. The summed E-state index contributed by atoms with van der Waals surface area (Å²) in [6.45, 7) is 1.19. The number of carbonyl (C=O) groups is 1. The van der Waals surface area contributed by atoms with Gasteiger partial charge in [-0.1, -0.05) is 18.2 Å². The molecule has 2 rings (SSSR count). The lowest BCUT2D eigenvalue weighted by atomic mass is 10.2. The molecule has 0 aliphatic carbocycles. The van der Waals surface area contributed by atoms with E-state index in [4.69, 9.17) is 4.74 Å². The molecule has 116 valence electrons. The Kier molecular flexibility index (Phi) is 5.85. The van der Waals surface area contributed by atoms with Crippen molar-refractivity contribution in [1.82, 2.24) is 10.3 Å². The number of hydrogen-bond acceptors (Lipinski definition) is 4. The Labute approximate surface area is 128 Å². The maximum Gasteiger partial charge on any atom is 0.251 e. The molecule has 0 aliphatic rings. The third-order valence-electron chi connectivity index (χ3n) is 3.03. The highest BCUT2D eigenvalue weighted by molar-refractivity contribution is 5.94. The van der Waals surface area contributed by atoms with Gasteiger partial charge in [-0.25, -0.2) is 9.37 Å². The first-order chi connectivity index (χ1) is 10.7. The molecule has 0 atom stereocenters. The van der Waals surface area contributed by atoms with Gasteiger partial charge in [-0.05, 0) is 18.2 Å². The van der Waals surface area contributed by atoms with E-state index < -0.39 is 0 Å². The molecule has 0 saturated heterocycles. The molecule has 5 nitrogen and oxygen atoms in total. The van der Waals surface area contributed by atoms with E-state index in [1.807, 2.05) is 0 Å². The van der Waals surface area contributed by atoms with Gasteiger partial charge in [0, 0.05) is 37.5 Å². The van der Waals surface area contributed by atoms with Crippen molar-refractivity contribution in [3.63, 3.8) is 0 Å². The van der Waals surface area contributed by atoms with Crippen molar-refractivity contribution in [3.8, 4) is 0 Å². The molecule has 1 heterocycles. The van der Waals surface area contributed by atoms with E-state index in [9.17, 15) is 9.18 Å². The molecule has 2 aromatic rings. The number of aromatic nitrogens is 1. The maximum atomic E-state index is 13.5. The van der Waals surface area contributed by atoms with Crippen molar-refractivity contribution < 1.29 is 13.9 Å². The number of benzene rings is 1. The minimum Gasteiger partial charge on any atom is -0.383 e. The van der Waals surface area contributed by atoms with Gasteiger partial charge in [0.2, 0.25) is 0 Å². The SMILES string of the molecule is COCCNC(=O)c1ccnc(NCc2ccccc2F)c1. The molecule has 0 aliphatic heterocycles. The van der Waals surface area contributed by atoms with Crippen molar-refractivity contribution >= 4 is 11.7 Å². The van der Waals surface area contributed by atoms with Crippen LogP contribution in [-0.2, 0) is 11.3 Å². The molecule has 0 radical (unpaired) electrons. The Morgan fingerprint density at radius 2 is 2.14 bits per heavy atom. The molecule has 6 heteroatoms. The van der Waals surface area contributed by atoms with E-state index in [0.29, 0.717) is 36.6 Å². The molecule has 1 amide bonds. The van der Waals surface area contributed by atoms with Gasteiger partial charge in [-0.15, -0.1) is 0 Å². The lowest BCUT2D eigenvalue weighted by Crippen LogP contribution is -2.27. The Morgan fingerprint density at radius 3 is 2.91 bits per heavy atom. The normalized spacial score (nSPS) is 10.3. The van der Waals surface area contributed by atoms with Gasteiger partial charge in [0.25, 0.3) is 5.91 Å². The fourth-order valence-corrected chi connectivity index (χ4v) is 1.86. The van der Waals surface area contributed by atoms with E-state index >= 15 is 0 Å². The first-order valence-electron chi connectivity index (χ1n) is 6.91. The average molecular weight is 303 g/mol. The number of amides is 1. The summed E-state index contributed by atoms with van der Waals surface area (Å²) in [6.07, 6.45) is 1.54. The van der Waals surface area contributed by atoms with Crippen LogP contribution in [0.25, 0.3) is 0 Å². The Hall–Kier alpha value is -2.47. The molecule has 0 spiro atoms. The lowest BCUT2D eigenvalue weighted by molar-refractivity contribution is 0.0937. The maximum absolute atomic E-state index is 13.5. The van der Waals surface area contributed by atoms with Crippen molar-refractivity contribution in [3.05, 3.63) is 59.5 Å². The number of methoxy groups -OCH3 is 1. The van der Waals surface area contributed by atoms with E-state index in [1.165, 1.54) is 12.3 Å². The molecular weight excluding hydrogens is 285 g/mol. The minimum absolute atomic E-state index is 0.201. The van der Waals surface area contributed by atoms with Crippen LogP contribution < -0.4 is 10.6 Å². The van der Waals surface area contributed by atoms with Gasteiger partial charge in [0.1, 0.15) is 11.6 Å². The number of hydrogen-bond donors (Lipinski definition) is 2. The van der Waals surface area contributed by atoms with Gasteiger partial charge in [-0.2, -0.15) is 0 Å². The van der Waals surface area contributed by atoms with Gasteiger partial charge in [0.15, 0.2) is 0 Å². The predicted octanol–water partition coefficient (Wildman–Crippen LogP) is 2.21. The summed E-state index contributed by atoms with van der Waals surface area (Å²) in [4.78, 5) is 16.0. The molecule has 1 aromatic heterocycles. The van der Waals surface area contributed by atoms with Crippen molar-refractivity contribution in [2.45, 2.75) is 6.54 Å². The lowest BCUT2D eigenvalue weighted by Gasteiger charge is -2.08. The van der Waals surface area contributed by atoms with Crippen LogP contribution in [0.15, 0.2) is 42.6 Å². The molecule has 0 bridgehead atoms. The van der Waals surface area contributed by atoms with Crippen LogP contribution in [0.2, 0.25) is 0 Å². The molecule has 0 unspecified atom stereocenters. The van der Waals surface area contributed by atoms with E-state index in [-0.39, 0.29) is 11.7 Å². The van der Waals surface area contributed by atoms with Gasteiger partial charge in [-0.3, -0.25) is 4.79 Å². The van der Waals surface area contributed by atoms with E-state index in [1.54, 1.807) is 37.4 Å². The largest absolute Gasteiger partial charge is 0.383 e. The van der Waals surface area contributed by atoms with Crippen molar-refractivity contribution in [2.75, 3.05) is 25.6 Å².